The molecular weight excluding hydrogens is 248 g/mol. The maximum absolute atomic E-state index is 11.0. The first-order valence-electron chi connectivity index (χ1n) is 4.99. The van der Waals surface area contributed by atoms with E-state index in [9.17, 15) is 9.59 Å². The van der Waals surface area contributed by atoms with Crippen LogP contribution in [0.3, 0.4) is 0 Å². The average molecular weight is 263 g/mol. The number of hydrogen-bond acceptors (Lipinski definition) is 4. The van der Waals surface area contributed by atoms with Crippen LogP contribution in [0.4, 0.5) is 0 Å². The topological polar surface area (TPSA) is 95.5 Å². The van der Waals surface area contributed by atoms with Crippen LogP contribution < -0.4 is 10.6 Å². The van der Waals surface area contributed by atoms with Crippen molar-refractivity contribution in [3.8, 4) is 0 Å². The zero-order chi connectivity index (χ0) is 13.3. The summed E-state index contributed by atoms with van der Waals surface area (Å²) in [6, 6.07) is 0. The zero-order valence-electron chi connectivity index (χ0n) is 9.46. The van der Waals surface area contributed by atoms with Crippen molar-refractivity contribution in [1.82, 2.24) is 10.6 Å². The molecule has 1 heterocycles. The van der Waals surface area contributed by atoms with Crippen molar-refractivity contribution in [2.24, 2.45) is 0 Å². The van der Waals surface area contributed by atoms with Crippen LogP contribution in [0.5, 0.6) is 0 Å². The van der Waals surface area contributed by atoms with Crippen LogP contribution in [0.15, 0.2) is 11.6 Å². The molecule has 0 saturated heterocycles. The monoisotopic (exact) mass is 262 g/mol. The number of carbonyl (C=O) groups excluding carboxylic acids is 2. The number of carboxylic acid groups (broad SMARTS) is 1. The van der Waals surface area contributed by atoms with Gasteiger partial charge < -0.3 is 10.4 Å². The molecule has 1 rings (SSSR count). The molecular formula is C10H15ClN2O4. The molecule has 3 N–H and O–H groups in total. The fourth-order valence-electron chi connectivity index (χ4n) is 0.998. The van der Waals surface area contributed by atoms with Crippen LogP contribution in [0.25, 0.3) is 0 Å². The maximum atomic E-state index is 11.0. The number of carboxylic acids is 1. The van der Waals surface area contributed by atoms with Gasteiger partial charge in [-0.25, -0.2) is 0 Å². The van der Waals surface area contributed by atoms with Gasteiger partial charge in [-0.1, -0.05) is 0 Å². The minimum absolute atomic E-state index is 0.302. The van der Waals surface area contributed by atoms with Crippen molar-refractivity contribution in [3.63, 3.8) is 0 Å². The lowest BCUT2D eigenvalue weighted by Gasteiger charge is -2.01. The van der Waals surface area contributed by atoms with E-state index in [0.717, 1.165) is 19.9 Å². The fraction of sp³-hybridized carbons (Fsp3) is 0.500. The highest BCUT2D eigenvalue weighted by Crippen LogP contribution is 1.99. The Morgan fingerprint density at radius 3 is 2.53 bits per heavy atom. The Hall–Kier alpha value is -1.40. The van der Waals surface area contributed by atoms with Crippen LogP contribution >= 0.6 is 11.6 Å². The Morgan fingerprint density at radius 2 is 2.12 bits per heavy atom. The molecule has 0 aliphatic carbocycles. The highest BCUT2D eigenvalue weighted by atomic mass is 35.5. The van der Waals surface area contributed by atoms with E-state index in [1.54, 1.807) is 0 Å². The molecule has 0 unspecified atom stereocenters. The molecule has 0 aromatic rings. The summed E-state index contributed by atoms with van der Waals surface area (Å²) in [5.41, 5.74) is 0.486. The van der Waals surface area contributed by atoms with Crippen LogP contribution in [0, 0.1) is 0 Å². The second kappa shape index (κ2) is 8.72. The van der Waals surface area contributed by atoms with E-state index in [4.69, 9.17) is 21.5 Å². The molecule has 0 spiro atoms. The number of amides is 2. The lowest BCUT2D eigenvalue weighted by molar-refractivity contribution is -0.134. The quantitative estimate of drug-likeness (QED) is 0.365. The highest BCUT2D eigenvalue weighted by Gasteiger charge is 2.19. The van der Waals surface area contributed by atoms with Gasteiger partial charge in [0.05, 0.1) is 0 Å². The summed E-state index contributed by atoms with van der Waals surface area (Å²) in [5, 5.41) is 12.6. The summed E-state index contributed by atoms with van der Waals surface area (Å²) < 4.78 is 0. The fourth-order valence-corrected chi connectivity index (χ4v) is 1.13. The van der Waals surface area contributed by atoms with Crippen molar-refractivity contribution in [1.29, 1.82) is 0 Å². The standard InChI is InChI=1S/C8H11ClN2O2.C2H4O2/c9-2-1-3-10-5-6-4-7(12)11-8(6)13;1-2(3)4/h4,10H,1-3,5H2,(H,11,12,13);1H3,(H,3,4). The van der Waals surface area contributed by atoms with Crippen molar-refractivity contribution in [2.45, 2.75) is 13.3 Å². The van der Waals surface area contributed by atoms with Crippen molar-refractivity contribution >= 4 is 29.4 Å². The van der Waals surface area contributed by atoms with Crippen LogP contribution in [0.2, 0.25) is 0 Å². The molecule has 0 bridgehead atoms. The van der Waals surface area contributed by atoms with E-state index >= 15 is 0 Å². The third kappa shape index (κ3) is 8.41. The Kier molecular flexibility index (Phi) is 8.00. The maximum Gasteiger partial charge on any atom is 0.300 e. The SMILES string of the molecule is CC(=O)O.O=C1C=C(CNCCCCl)C(=O)N1. The van der Waals surface area contributed by atoms with Gasteiger partial charge in [-0.2, -0.15) is 0 Å². The highest BCUT2D eigenvalue weighted by molar-refractivity contribution is 6.17. The molecule has 0 atom stereocenters. The molecule has 2 amide bonds. The summed E-state index contributed by atoms with van der Waals surface area (Å²) in [5.74, 6) is -0.875. The summed E-state index contributed by atoms with van der Waals surface area (Å²) in [6.07, 6.45) is 2.17. The van der Waals surface area contributed by atoms with Gasteiger partial charge in [0.2, 0.25) is 0 Å². The molecule has 0 radical (unpaired) electrons. The zero-order valence-corrected chi connectivity index (χ0v) is 10.2. The molecule has 1 aliphatic rings. The van der Waals surface area contributed by atoms with E-state index in [2.05, 4.69) is 10.6 Å². The van der Waals surface area contributed by atoms with Gasteiger partial charge >= 0.3 is 0 Å². The van der Waals surface area contributed by atoms with Crippen LogP contribution in [-0.4, -0.2) is 41.9 Å². The van der Waals surface area contributed by atoms with E-state index in [-0.39, 0.29) is 11.8 Å². The van der Waals surface area contributed by atoms with Gasteiger partial charge in [-0.3, -0.25) is 19.7 Å². The molecule has 17 heavy (non-hydrogen) atoms. The largest absolute Gasteiger partial charge is 0.481 e. The minimum atomic E-state index is -0.833. The summed E-state index contributed by atoms with van der Waals surface area (Å²) in [6.45, 7) is 2.26. The summed E-state index contributed by atoms with van der Waals surface area (Å²) in [7, 11) is 0. The number of rotatable bonds is 5. The van der Waals surface area contributed by atoms with Gasteiger partial charge in [0.25, 0.3) is 17.8 Å². The molecule has 96 valence electrons. The number of hydrogen-bond donors (Lipinski definition) is 3. The number of nitrogens with one attached hydrogen (secondary N) is 2. The van der Waals surface area contributed by atoms with E-state index < -0.39 is 5.97 Å². The molecule has 7 heteroatoms. The van der Waals surface area contributed by atoms with Crippen molar-refractivity contribution in [3.05, 3.63) is 11.6 Å². The lowest BCUT2D eigenvalue weighted by atomic mass is 10.2. The summed E-state index contributed by atoms with van der Waals surface area (Å²) in [4.78, 5) is 30.7. The number of imide groups is 1. The van der Waals surface area contributed by atoms with Crippen molar-refractivity contribution in [2.75, 3.05) is 19.0 Å². The van der Waals surface area contributed by atoms with Gasteiger partial charge in [-0.15, -0.1) is 11.6 Å². The predicted molar refractivity (Wildman–Crippen MR) is 62.7 cm³/mol. The van der Waals surface area contributed by atoms with E-state index in [1.165, 1.54) is 6.08 Å². The number of halogens is 1. The van der Waals surface area contributed by atoms with Crippen LogP contribution in [-0.2, 0) is 14.4 Å². The number of carbonyl (C=O) groups is 3. The molecule has 1 aliphatic heterocycles. The average Bonchev–Trinajstić information content (AvgIpc) is 2.51. The Morgan fingerprint density at radius 1 is 1.53 bits per heavy atom. The van der Waals surface area contributed by atoms with Gasteiger partial charge in [0, 0.05) is 31.0 Å². The summed E-state index contributed by atoms with van der Waals surface area (Å²) >= 11 is 5.46. The Labute approximate surface area is 104 Å². The minimum Gasteiger partial charge on any atom is -0.481 e. The smallest absolute Gasteiger partial charge is 0.300 e. The van der Waals surface area contributed by atoms with Gasteiger partial charge in [0.1, 0.15) is 0 Å². The second-order valence-corrected chi connectivity index (χ2v) is 3.60. The Balaban J connectivity index is 0.000000557. The molecule has 0 fully saturated rings. The first-order chi connectivity index (χ1) is 7.97. The van der Waals surface area contributed by atoms with E-state index in [1.807, 2.05) is 0 Å². The lowest BCUT2D eigenvalue weighted by Crippen LogP contribution is -2.26. The second-order valence-electron chi connectivity index (χ2n) is 3.23. The molecule has 0 aromatic carbocycles. The first-order valence-corrected chi connectivity index (χ1v) is 5.53. The Bertz CT molecular complexity index is 324. The number of aliphatic carboxylic acids is 1. The van der Waals surface area contributed by atoms with Gasteiger partial charge in [-0.05, 0) is 13.0 Å². The third-order valence-corrected chi connectivity index (χ3v) is 1.90. The van der Waals surface area contributed by atoms with Crippen LogP contribution in [0.1, 0.15) is 13.3 Å². The number of alkyl halides is 1. The third-order valence-electron chi connectivity index (χ3n) is 1.64. The predicted octanol–water partition coefficient (Wildman–Crippen LogP) is -0.121. The first kappa shape index (κ1) is 15.6. The normalized spacial score (nSPS) is 13.6. The van der Waals surface area contributed by atoms with Crippen molar-refractivity contribution < 1.29 is 19.5 Å². The molecule has 6 nitrogen and oxygen atoms in total. The molecule has 0 aromatic heterocycles. The van der Waals surface area contributed by atoms with Gasteiger partial charge in [0.15, 0.2) is 0 Å². The molecule has 0 saturated carbocycles. The van der Waals surface area contributed by atoms with E-state index in [0.29, 0.717) is 18.0 Å².